The van der Waals surface area contributed by atoms with Crippen LogP contribution in [0.2, 0.25) is 0 Å². The van der Waals surface area contributed by atoms with Crippen molar-refractivity contribution in [1.29, 1.82) is 5.26 Å². The van der Waals surface area contributed by atoms with Gasteiger partial charge in [-0.05, 0) is 85.5 Å². The van der Waals surface area contributed by atoms with Crippen LogP contribution in [0, 0.1) is 41.4 Å². The Balaban J connectivity index is 1.29. The summed E-state index contributed by atoms with van der Waals surface area (Å²) in [4.78, 5) is 8.90. The van der Waals surface area contributed by atoms with Gasteiger partial charge in [-0.15, -0.1) is 0 Å². The van der Waals surface area contributed by atoms with Crippen molar-refractivity contribution in [3.05, 3.63) is 41.1 Å². The monoisotopic (exact) mass is 418 g/mol. The maximum atomic E-state index is 9.74. The number of phenolic OH excluding ortho intramolecular Hbond substituents is 1. The van der Waals surface area contributed by atoms with E-state index in [1.54, 1.807) is 18.3 Å². The molecule has 5 atom stereocenters. The highest BCUT2D eigenvalue weighted by Gasteiger charge is 2.54. The van der Waals surface area contributed by atoms with Gasteiger partial charge in [0.25, 0.3) is 0 Å². The quantitative estimate of drug-likeness (QED) is 0.566. The van der Waals surface area contributed by atoms with Gasteiger partial charge in [0, 0.05) is 19.1 Å². The third kappa shape index (κ3) is 3.81. The number of anilines is 2. The van der Waals surface area contributed by atoms with Crippen molar-refractivity contribution in [2.24, 2.45) is 28.9 Å². The van der Waals surface area contributed by atoms with E-state index < -0.39 is 0 Å². The van der Waals surface area contributed by atoms with E-state index in [4.69, 9.17) is 5.73 Å². The first kappa shape index (κ1) is 20.1. The normalized spacial score (nSPS) is 30.7. The van der Waals surface area contributed by atoms with Crippen LogP contribution in [0.5, 0.6) is 5.75 Å². The fourth-order valence-corrected chi connectivity index (χ4v) is 6.43. The number of aromatic nitrogens is 2. The molecule has 0 spiro atoms. The van der Waals surface area contributed by atoms with Gasteiger partial charge in [0.2, 0.25) is 5.95 Å². The summed E-state index contributed by atoms with van der Waals surface area (Å²) in [7, 11) is 0. The molecule has 0 aliphatic heterocycles. The number of hydrogen-bond acceptors (Lipinski definition) is 7. The van der Waals surface area contributed by atoms with Crippen LogP contribution < -0.4 is 16.4 Å². The summed E-state index contributed by atoms with van der Waals surface area (Å²) < 4.78 is 0. The lowest BCUT2D eigenvalue weighted by atomic mass is 9.48. The van der Waals surface area contributed by atoms with E-state index in [9.17, 15) is 10.4 Å². The minimum absolute atomic E-state index is 0.237. The second-order valence-electron chi connectivity index (χ2n) is 9.93. The first-order valence-electron chi connectivity index (χ1n) is 11.2. The Hall–Kier alpha value is -2.85. The molecule has 4 aliphatic carbocycles. The van der Waals surface area contributed by atoms with Gasteiger partial charge >= 0.3 is 0 Å². The molecule has 1 aromatic heterocycles. The lowest BCUT2D eigenvalue weighted by Crippen LogP contribution is -2.58. The van der Waals surface area contributed by atoms with Gasteiger partial charge in [-0.1, -0.05) is 6.07 Å². The molecule has 4 bridgehead atoms. The molecule has 0 amide bonds. The molecule has 162 valence electrons. The predicted molar refractivity (Wildman–Crippen MR) is 119 cm³/mol. The van der Waals surface area contributed by atoms with E-state index in [0.717, 1.165) is 23.6 Å². The van der Waals surface area contributed by atoms with Gasteiger partial charge in [-0.25, -0.2) is 4.98 Å². The van der Waals surface area contributed by atoms with Crippen molar-refractivity contribution in [3.63, 3.8) is 0 Å². The molecule has 1 heterocycles. The van der Waals surface area contributed by atoms with Crippen molar-refractivity contribution in [3.8, 4) is 11.8 Å². The van der Waals surface area contributed by atoms with Crippen LogP contribution in [0.25, 0.3) is 0 Å². The van der Waals surface area contributed by atoms with Crippen LogP contribution in [-0.2, 0) is 6.54 Å². The van der Waals surface area contributed by atoms with E-state index in [0.29, 0.717) is 41.8 Å². The molecular formula is C24H30N6O. The maximum absolute atomic E-state index is 9.74. The van der Waals surface area contributed by atoms with Gasteiger partial charge in [-0.3, -0.25) is 0 Å². The number of hydrogen-bond donors (Lipinski definition) is 4. The molecule has 31 heavy (non-hydrogen) atoms. The Morgan fingerprint density at radius 2 is 2.00 bits per heavy atom. The average molecular weight is 419 g/mol. The molecule has 5 N–H and O–H groups in total. The smallest absolute Gasteiger partial charge is 0.224 e. The first-order valence-corrected chi connectivity index (χ1v) is 11.2. The number of nitrogens with one attached hydrogen (secondary N) is 2. The summed E-state index contributed by atoms with van der Waals surface area (Å²) in [6.07, 6.45) is 7.78. The molecule has 3 unspecified atom stereocenters. The standard InChI is InChI=1S/C24H30N6O/c1-14-2-3-20(31)6-18(14)11-27-23-28-12-19(10-25)22(30-23)29-13-24-7-15-4-16(8-24)21(26)17(5-15)9-24/h2-3,6,12,15-17,21,31H,4-5,7-9,11,13,26H2,1H3,(H2,27,28,29,30)/t15?,16-,17+,21?,24?. The zero-order chi connectivity index (χ0) is 21.6. The largest absolute Gasteiger partial charge is 0.508 e. The Morgan fingerprint density at radius 1 is 1.23 bits per heavy atom. The molecule has 0 radical (unpaired) electrons. The number of rotatable bonds is 6. The molecule has 2 aromatic rings. The molecule has 1 aromatic carbocycles. The van der Waals surface area contributed by atoms with E-state index in [1.807, 2.05) is 13.0 Å². The van der Waals surface area contributed by atoms with E-state index >= 15 is 0 Å². The molecule has 7 nitrogen and oxygen atoms in total. The van der Waals surface area contributed by atoms with Crippen molar-refractivity contribution in [2.45, 2.75) is 51.6 Å². The van der Waals surface area contributed by atoms with Crippen molar-refractivity contribution < 1.29 is 5.11 Å². The van der Waals surface area contributed by atoms with Gasteiger partial charge in [-0.2, -0.15) is 10.2 Å². The number of nitrogens with two attached hydrogens (primary N) is 1. The van der Waals surface area contributed by atoms with Crippen LogP contribution in [0.15, 0.2) is 24.4 Å². The van der Waals surface area contributed by atoms with Crippen molar-refractivity contribution >= 4 is 11.8 Å². The lowest BCUT2D eigenvalue weighted by molar-refractivity contribution is -0.0591. The number of phenols is 1. The molecular weight excluding hydrogens is 388 g/mol. The van der Waals surface area contributed by atoms with Crippen LogP contribution in [0.4, 0.5) is 11.8 Å². The molecule has 4 saturated carbocycles. The minimum Gasteiger partial charge on any atom is -0.508 e. The van der Waals surface area contributed by atoms with Crippen LogP contribution in [0.1, 0.15) is 48.8 Å². The molecule has 0 saturated heterocycles. The van der Waals surface area contributed by atoms with E-state index in [2.05, 4.69) is 26.7 Å². The number of aryl methyl sites for hydroxylation is 1. The Kier molecular flexibility index (Phi) is 4.98. The van der Waals surface area contributed by atoms with Crippen LogP contribution in [0.3, 0.4) is 0 Å². The number of nitrogens with zero attached hydrogens (tertiary/aromatic N) is 3. The number of nitriles is 1. The summed E-state index contributed by atoms with van der Waals surface area (Å²) in [6, 6.07) is 7.88. The summed E-state index contributed by atoms with van der Waals surface area (Å²) in [5, 5.41) is 26.0. The minimum atomic E-state index is 0.237. The number of benzene rings is 1. The molecule has 4 aliphatic rings. The molecule has 7 heteroatoms. The fourth-order valence-electron chi connectivity index (χ4n) is 6.43. The lowest BCUT2D eigenvalue weighted by Gasteiger charge is -2.59. The Bertz CT molecular complexity index is 1020. The highest BCUT2D eigenvalue weighted by atomic mass is 16.3. The highest BCUT2D eigenvalue weighted by Crippen LogP contribution is 2.59. The average Bonchev–Trinajstić information content (AvgIpc) is 2.76. The Labute approximate surface area is 183 Å². The Morgan fingerprint density at radius 3 is 2.74 bits per heavy atom. The zero-order valence-corrected chi connectivity index (χ0v) is 17.9. The first-order chi connectivity index (χ1) is 14.9. The molecule has 6 rings (SSSR count). The van der Waals surface area contributed by atoms with Gasteiger partial charge in [0.15, 0.2) is 0 Å². The third-order valence-electron chi connectivity index (χ3n) is 7.78. The summed E-state index contributed by atoms with van der Waals surface area (Å²) in [5.41, 5.74) is 9.28. The SMILES string of the molecule is Cc1ccc(O)cc1CNc1ncc(C#N)c(NCC23CC4C[C@H](C2)C(N)[C@@H](C4)C3)n1. The predicted octanol–water partition coefficient (Wildman–Crippen LogP) is 3.54. The zero-order valence-electron chi connectivity index (χ0n) is 17.9. The van der Waals surface area contributed by atoms with Gasteiger partial charge in [0.1, 0.15) is 23.2 Å². The van der Waals surface area contributed by atoms with Crippen molar-refractivity contribution in [2.75, 3.05) is 17.2 Å². The summed E-state index contributed by atoms with van der Waals surface area (Å²) in [5.74, 6) is 3.40. The van der Waals surface area contributed by atoms with Crippen molar-refractivity contribution in [1.82, 2.24) is 9.97 Å². The fraction of sp³-hybridized carbons (Fsp3) is 0.542. The van der Waals surface area contributed by atoms with Gasteiger partial charge in [0.05, 0.1) is 6.20 Å². The highest BCUT2D eigenvalue weighted by molar-refractivity contribution is 5.53. The van der Waals surface area contributed by atoms with Gasteiger partial charge < -0.3 is 21.5 Å². The molecule has 4 fully saturated rings. The van der Waals surface area contributed by atoms with Crippen LogP contribution >= 0.6 is 0 Å². The maximum Gasteiger partial charge on any atom is 0.224 e. The number of aromatic hydroxyl groups is 1. The topological polar surface area (TPSA) is 120 Å². The van der Waals surface area contributed by atoms with E-state index in [-0.39, 0.29) is 11.2 Å². The second kappa shape index (κ2) is 7.69. The van der Waals surface area contributed by atoms with E-state index in [1.165, 1.54) is 32.1 Å². The third-order valence-corrected chi connectivity index (χ3v) is 7.78. The summed E-state index contributed by atoms with van der Waals surface area (Å²) >= 11 is 0. The summed E-state index contributed by atoms with van der Waals surface area (Å²) in [6.45, 7) is 3.33. The second-order valence-corrected chi connectivity index (χ2v) is 9.93. The van der Waals surface area contributed by atoms with Crippen LogP contribution in [-0.4, -0.2) is 27.7 Å².